The SMILES string of the molecule is CC/C=C\C/C=C\C/C=C\C/C=C\CCCCCCCCCCCCCCC(=O)OCC(COC(=O)CCCCCCC/C=C\C/C=C\CCCCC)OC(=O)CCCCCCCCCCCCCCC/C=C\CCCCCCCCCC. The van der Waals surface area contributed by atoms with Gasteiger partial charge in [-0.25, -0.2) is 0 Å². The van der Waals surface area contributed by atoms with Crippen molar-refractivity contribution in [1.82, 2.24) is 0 Å². The Balaban J connectivity index is 4.30. The summed E-state index contributed by atoms with van der Waals surface area (Å²) in [5, 5.41) is 0. The van der Waals surface area contributed by atoms with E-state index in [0.717, 1.165) is 103 Å². The molecule has 0 saturated heterocycles. The van der Waals surface area contributed by atoms with Crippen LogP contribution in [0.4, 0.5) is 0 Å². The van der Waals surface area contributed by atoms with Crippen molar-refractivity contribution in [3.05, 3.63) is 85.1 Å². The summed E-state index contributed by atoms with van der Waals surface area (Å²) in [4.78, 5) is 38.5. The third-order valence-corrected chi connectivity index (χ3v) is 15.9. The van der Waals surface area contributed by atoms with E-state index in [1.807, 2.05) is 0 Å². The van der Waals surface area contributed by atoms with Crippen molar-refractivity contribution in [2.24, 2.45) is 0 Å². The normalized spacial score (nSPS) is 12.6. The minimum absolute atomic E-state index is 0.0795. The first kappa shape index (κ1) is 79.6. The average Bonchev–Trinajstić information content (AvgIpc) is 3.49. The molecule has 6 nitrogen and oxygen atoms in total. The fourth-order valence-electron chi connectivity index (χ4n) is 10.5. The van der Waals surface area contributed by atoms with Crippen molar-refractivity contribution in [2.45, 2.75) is 374 Å². The third-order valence-electron chi connectivity index (χ3n) is 15.9. The number of hydrogen-bond donors (Lipinski definition) is 0. The maximum Gasteiger partial charge on any atom is 0.306 e. The summed E-state index contributed by atoms with van der Waals surface area (Å²) in [6.07, 6.45) is 94.7. The van der Waals surface area contributed by atoms with Gasteiger partial charge in [0, 0.05) is 19.3 Å². The number of rotatable bonds is 66. The molecule has 0 radical (unpaired) electrons. The zero-order chi connectivity index (χ0) is 59.9. The smallest absolute Gasteiger partial charge is 0.306 e. The van der Waals surface area contributed by atoms with Crippen LogP contribution in [-0.4, -0.2) is 37.2 Å². The molecule has 480 valence electrons. The van der Waals surface area contributed by atoms with Crippen molar-refractivity contribution < 1.29 is 28.6 Å². The van der Waals surface area contributed by atoms with E-state index >= 15 is 0 Å². The van der Waals surface area contributed by atoms with Crippen molar-refractivity contribution >= 4 is 17.9 Å². The molecule has 0 aromatic heterocycles. The molecule has 0 heterocycles. The maximum absolute atomic E-state index is 13.0. The highest BCUT2D eigenvalue weighted by atomic mass is 16.6. The van der Waals surface area contributed by atoms with Crippen LogP contribution < -0.4 is 0 Å². The number of unbranched alkanes of at least 4 members (excludes halogenated alkanes) is 41. The van der Waals surface area contributed by atoms with Crippen LogP contribution in [0.25, 0.3) is 0 Å². The first-order valence-electron chi connectivity index (χ1n) is 36.1. The van der Waals surface area contributed by atoms with Crippen LogP contribution in [0, 0.1) is 0 Å². The van der Waals surface area contributed by atoms with Crippen molar-refractivity contribution in [3.63, 3.8) is 0 Å². The quantitative estimate of drug-likeness (QED) is 0.0261. The highest BCUT2D eigenvalue weighted by Gasteiger charge is 2.19. The van der Waals surface area contributed by atoms with Crippen LogP contribution in [0.3, 0.4) is 0 Å². The molecule has 1 unspecified atom stereocenters. The topological polar surface area (TPSA) is 78.9 Å². The maximum atomic E-state index is 13.0. The van der Waals surface area contributed by atoms with Gasteiger partial charge in [0.2, 0.25) is 0 Å². The molecule has 0 aromatic carbocycles. The van der Waals surface area contributed by atoms with Gasteiger partial charge < -0.3 is 14.2 Å². The van der Waals surface area contributed by atoms with E-state index < -0.39 is 6.10 Å². The molecule has 0 aliphatic carbocycles. The third kappa shape index (κ3) is 69.3. The van der Waals surface area contributed by atoms with E-state index in [0.29, 0.717) is 19.3 Å². The van der Waals surface area contributed by atoms with Gasteiger partial charge in [0.1, 0.15) is 13.2 Å². The lowest BCUT2D eigenvalue weighted by Crippen LogP contribution is -2.30. The number of esters is 3. The molecule has 0 saturated carbocycles. The molecule has 0 bridgehead atoms. The molecule has 0 N–H and O–H groups in total. The van der Waals surface area contributed by atoms with E-state index in [1.165, 1.54) is 225 Å². The highest BCUT2D eigenvalue weighted by Crippen LogP contribution is 2.18. The van der Waals surface area contributed by atoms with Gasteiger partial charge in [-0.2, -0.15) is 0 Å². The van der Waals surface area contributed by atoms with Gasteiger partial charge in [-0.3, -0.25) is 14.4 Å². The molecule has 0 fully saturated rings. The predicted octanol–water partition coefficient (Wildman–Crippen LogP) is 25.0. The van der Waals surface area contributed by atoms with E-state index in [1.54, 1.807) is 0 Å². The van der Waals surface area contributed by atoms with Crippen LogP contribution in [0.2, 0.25) is 0 Å². The van der Waals surface area contributed by atoms with Crippen molar-refractivity contribution in [1.29, 1.82) is 0 Å². The second-order valence-corrected chi connectivity index (χ2v) is 24.1. The number of carbonyl (C=O) groups is 3. The number of hydrogen-bond acceptors (Lipinski definition) is 6. The molecule has 0 aliphatic rings. The molecule has 0 spiro atoms. The Morgan fingerprint density at radius 3 is 0.771 bits per heavy atom. The van der Waals surface area contributed by atoms with Gasteiger partial charge in [-0.05, 0) is 116 Å². The molecule has 0 aliphatic heterocycles. The summed E-state index contributed by atoms with van der Waals surface area (Å²) >= 11 is 0. The Hall–Kier alpha value is -3.41. The molecule has 0 aromatic rings. The number of ether oxygens (including phenoxy) is 3. The minimum Gasteiger partial charge on any atom is -0.462 e. The van der Waals surface area contributed by atoms with E-state index in [-0.39, 0.29) is 31.1 Å². The summed E-state index contributed by atoms with van der Waals surface area (Å²) < 4.78 is 17.0. The lowest BCUT2D eigenvalue weighted by atomic mass is 10.0. The first-order valence-corrected chi connectivity index (χ1v) is 36.1. The summed E-state index contributed by atoms with van der Waals surface area (Å²) in [7, 11) is 0. The molecule has 0 rings (SSSR count). The van der Waals surface area contributed by atoms with Gasteiger partial charge in [-0.1, -0.05) is 318 Å². The van der Waals surface area contributed by atoms with Crippen LogP contribution in [0.15, 0.2) is 85.1 Å². The van der Waals surface area contributed by atoms with Crippen LogP contribution in [-0.2, 0) is 28.6 Å². The van der Waals surface area contributed by atoms with Crippen molar-refractivity contribution in [2.75, 3.05) is 13.2 Å². The summed E-state index contributed by atoms with van der Waals surface area (Å²) in [5.74, 6) is -0.876. The summed E-state index contributed by atoms with van der Waals surface area (Å²) in [6, 6.07) is 0. The van der Waals surface area contributed by atoms with Gasteiger partial charge in [0.25, 0.3) is 0 Å². The second-order valence-electron chi connectivity index (χ2n) is 24.1. The predicted molar refractivity (Wildman–Crippen MR) is 362 cm³/mol. The standard InChI is InChI=1S/C77H136O6/c1-4-7-10-13-16-19-22-25-28-30-32-34-36-38-40-42-44-46-49-52-55-58-61-64-67-70-76(79)82-73-74(72-81-75(78)69-66-63-60-57-54-51-48-27-24-21-18-15-12-9-6-3)83-77(80)71-68-65-62-59-56-53-50-47-45-43-41-39-37-35-33-31-29-26-23-20-17-14-11-8-5-2/h7,10,16,18-19,21,25,27-28,31-34,48,74H,4-6,8-9,11-15,17,20,22-24,26,29-30,35-47,49-73H2,1-3H3/b10-7-,19-16-,21-18-,28-25-,33-31-,34-32-,48-27-. The Morgan fingerprint density at radius 1 is 0.253 bits per heavy atom. The summed E-state index contributed by atoms with van der Waals surface area (Å²) in [6.45, 7) is 6.54. The van der Waals surface area contributed by atoms with Crippen LogP contribution in [0.1, 0.15) is 367 Å². The van der Waals surface area contributed by atoms with Gasteiger partial charge in [0.05, 0.1) is 0 Å². The lowest BCUT2D eigenvalue weighted by molar-refractivity contribution is -0.167. The van der Waals surface area contributed by atoms with Crippen molar-refractivity contribution in [3.8, 4) is 0 Å². The Bertz CT molecular complexity index is 1570. The zero-order valence-electron chi connectivity index (χ0n) is 55.2. The molecule has 1 atom stereocenters. The minimum atomic E-state index is -0.785. The Morgan fingerprint density at radius 2 is 0.470 bits per heavy atom. The molecular formula is C77H136O6. The largest absolute Gasteiger partial charge is 0.462 e. The lowest BCUT2D eigenvalue weighted by Gasteiger charge is -2.18. The average molecular weight is 1160 g/mol. The fourth-order valence-corrected chi connectivity index (χ4v) is 10.5. The van der Waals surface area contributed by atoms with Gasteiger partial charge >= 0.3 is 17.9 Å². The van der Waals surface area contributed by atoms with Gasteiger partial charge in [0.15, 0.2) is 6.10 Å². The van der Waals surface area contributed by atoms with E-state index in [4.69, 9.17) is 14.2 Å². The fraction of sp³-hybridized carbons (Fsp3) is 0.779. The molecule has 6 heteroatoms. The second kappa shape index (κ2) is 71.1. The van der Waals surface area contributed by atoms with Gasteiger partial charge in [-0.15, -0.1) is 0 Å². The number of carbonyl (C=O) groups excluding carboxylic acids is 3. The highest BCUT2D eigenvalue weighted by molar-refractivity contribution is 5.71. The molecule has 83 heavy (non-hydrogen) atoms. The summed E-state index contributed by atoms with van der Waals surface area (Å²) in [5.41, 5.74) is 0. The monoisotopic (exact) mass is 1160 g/mol. The number of allylic oxidation sites excluding steroid dienone is 14. The Kier molecular flexibility index (Phi) is 68.2. The van der Waals surface area contributed by atoms with Crippen LogP contribution >= 0.6 is 0 Å². The van der Waals surface area contributed by atoms with E-state index in [9.17, 15) is 14.4 Å². The molecular weight excluding hydrogens is 1020 g/mol. The van der Waals surface area contributed by atoms with Crippen LogP contribution in [0.5, 0.6) is 0 Å². The Labute approximate surface area is 515 Å². The first-order chi connectivity index (χ1) is 41.0. The zero-order valence-corrected chi connectivity index (χ0v) is 55.2. The molecule has 0 amide bonds. The van der Waals surface area contributed by atoms with E-state index in [2.05, 4.69) is 106 Å².